The van der Waals surface area contributed by atoms with Crippen LogP contribution < -0.4 is 0 Å². The van der Waals surface area contributed by atoms with Gasteiger partial charge in [-0.25, -0.2) is 0 Å². The van der Waals surface area contributed by atoms with Crippen molar-refractivity contribution >= 4 is 22.8 Å². The van der Waals surface area contributed by atoms with Crippen LogP contribution in [-0.4, -0.2) is 51.0 Å². The number of rotatable bonds is 5. The molecular weight excluding hydrogens is 472 g/mol. The van der Waals surface area contributed by atoms with Gasteiger partial charge in [-0.1, -0.05) is 49.8 Å². The molecule has 0 spiro atoms. The van der Waals surface area contributed by atoms with Gasteiger partial charge in [0.15, 0.2) is 0 Å². The third-order valence-electron chi connectivity index (χ3n) is 8.94. The average molecular weight is 507 g/mol. The lowest BCUT2D eigenvalue weighted by molar-refractivity contribution is 0.0192. The molecule has 38 heavy (non-hydrogen) atoms. The summed E-state index contributed by atoms with van der Waals surface area (Å²) in [6.45, 7) is 6.69. The van der Waals surface area contributed by atoms with Gasteiger partial charge in [0.2, 0.25) is 0 Å². The van der Waals surface area contributed by atoms with Crippen LogP contribution in [0.5, 0.6) is 0 Å². The average Bonchev–Trinajstić information content (AvgIpc) is 3.30. The van der Waals surface area contributed by atoms with Crippen molar-refractivity contribution in [2.75, 3.05) is 13.1 Å². The molecule has 1 aromatic heterocycles. The number of aromatic nitrogens is 1. The highest BCUT2D eigenvalue weighted by atomic mass is 16.3. The van der Waals surface area contributed by atoms with Crippen molar-refractivity contribution < 1.29 is 9.90 Å². The SMILES string of the molecule is C=Cc1cccc(C2(C#N)CCN(Cc3cc4c(c5ccccc35)CN([C@H]3CCCC[C@@H]3O)C4=O)CC2)n1. The third kappa shape index (κ3) is 4.20. The first-order chi connectivity index (χ1) is 18.5. The molecule has 2 fully saturated rings. The van der Waals surface area contributed by atoms with Gasteiger partial charge in [0.1, 0.15) is 5.41 Å². The highest BCUT2D eigenvalue weighted by molar-refractivity contribution is 6.05. The molecule has 1 N–H and O–H groups in total. The highest BCUT2D eigenvalue weighted by Crippen LogP contribution is 2.38. The Morgan fingerprint density at radius 3 is 2.61 bits per heavy atom. The molecule has 1 aliphatic carbocycles. The van der Waals surface area contributed by atoms with Crippen LogP contribution in [0.25, 0.3) is 16.8 Å². The van der Waals surface area contributed by atoms with Gasteiger partial charge in [-0.3, -0.25) is 14.7 Å². The van der Waals surface area contributed by atoms with E-state index in [-0.39, 0.29) is 11.9 Å². The number of carbonyl (C=O) groups is 1. The normalized spacial score (nSPS) is 23.3. The number of carbonyl (C=O) groups excluding carboxylic acids is 1. The maximum Gasteiger partial charge on any atom is 0.254 e. The molecule has 0 radical (unpaired) electrons. The van der Waals surface area contributed by atoms with Crippen molar-refractivity contribution in [1.82, 2.24) is 14.8 Å². The van der Waals surface area contributed by atoms with Gasteiger partial charge >= 0.3 is 0 Å². The van der Waals surface area contributed by atoms with E-state index in [4.69, 9.17) is 0 Å². The van der Waals surface area contributed by atoms with Crippen molar-refractivity contribution in [1.29, 1.82) is 5.26 Å². The second-order valence-corrected chi connectivity index (χ2v) is 11.1. The maximum absolute atomic E-state index is 13.6. The number of amides is 1. The van der Waals surface area contributed by atoms with E-state index in [9.17, 15) is 15.2 Å². The van der Waals surface area contributed by atoms with Gasteiger partial charge in [-0.2, -0.15) is 5.26 Å². The van der Waals surface area contributed by atoms with E-state index in [1.165, 1.54) is 5.39 Å². The first kappa shape index (κ1) is 24.8. The first-order valence-electron chi connectivity index (χ1n) is 13.8. The van der Waals surface area contributed by atoms with E-state index in [0.29, 0.717) is 19.4 Å². The molecule has 3 aliphatic rings. The van der Waals surface area contributed by atoms with Crippen LogP contribution in [0.3, 0.4) is 0 Å². The van der Waals surface area contributed by atoms with Crippen LogP contribution in [-0.2, 0) is 18.5 Å². The number of aliphatic hydroxyl groups excluding tert-OH is 1. The van der Waals surface area contributed by atoms with Gasteiger partial charge in [0.25, 0.3) is 5.91 Å². The van der Waals surface area contributed by atoms with Crippen LogP contribution in [0.2, 0.25) is 0 Å². The number of fused-ring (bicyclic) bond motifs is 3. The zero-order chi connectivity index (χ0) is 26.3. The van der Waals surface area contributed by atoms with Crippen molar-refractivity contribution in [2.24, 2.45) is 0 Å². The molecule has 2 atom stereocenters. The number of hydrogen-bond donors (Lipinski definition) is 1. The minimum absolute atomic E-state index is 0.0493. The molecule has 2 aliphatic heterocycles. The van der Waals surface area contributed by atoms with E-state index < -0.39 is 11.5 Å². The number of pyridine rings is 1. The molecule has 1 amide bonds. The summed E-state index contributed by atoms with van der Waals surface area (Å²) in [5.74, 6) is 0.0493. The third-order valence-corrected chi connectivity index (χ3v) is 8.94. The monoisotopic (exact) mass is 506 g/mol. The molecule has 3 aromatic rings. The molecule has 6 heteroatoms. The summed E-state index contributed by atoms with van der Waals surface area (Å²) in [6.07, 6.45) is 6.42. The highest BCUT2D eigenvalue weighted by Gasteiger charge is 2.40. The van der Waals surface area contributed by atoms with Crippen molar-refractivity contribution in [3.05, 3.63) is 83.2 Å². The Balaban J connectivity index is 1.26. The molecule has 194 valence electrons. The molecule has 1 saturated carbocycles. The van der Waals surface area contributed by atoms with Crippen LogP contribution in [0, 0.1) is 11.3 Å². The van der Waals surface area contributed by atoms with E-state index in [1.807, 2.05) is 29.2 Å². The largest absolute Gasteiger partial charge is 0.391 e. The quantitative estimate of drug-likeness (QED) is 0.515. The minimum Gasteiger partial charge on any atom is -0.391 e. The lowest BCUT2D eigenvalue weighted by Gasteiger charge is -2.37. The van der Waals surface area contributed by atoms with E-state index in [2.05, 4.69) is 46.8 Å². The van der Waals surface area contributed by atoms with E-state index in [0.717, 1.165) is 78.8 Å². The molecule has 2 aromatic carbocycles. The van der Waals surface area contributed by atoms with Gasteiger partial charge < -0.3 is 10.0 Å². The fourth-order valence-corrected chi connectivity index (χ4v) is 6.71. The number of aliphatic hydroxyl groups is 1. The summed E-state index contributed by atoms with van der Waals surface area (Å²) in [6, 6.07) is 18.8. The van der Waals surface area contributed by atoms with Crippen molar-refractivity contribution in [3.63, 3.8) is 0 Å². The summed E-state index contributed by atoms with van der Waals surface area (Å²) in [5, 5.41) is 23.1. The Labute approximate surface area is 224 Å². The Morgan fingerprint density at radius 1 is 1.11 bits per heavy atom. The summed E-state index contributed by atoms with van der Waals surface area (Å²) < 4.78 is 0. The molecule has 0 unspecified atom stereocenters. The van der Waals surface area contributed by atoms with Crippen LogP contribution in [0.1, 0.15) is 71.4 Å². The Bertz CT molecular complexity index is 1430. The van der Waals surface area contributed by atoms with Crippen LogP contribution in [0.15, 0.2) is 55.1 Å². The second kappa shape index (κ2) is 9.98. The summed E-state index contributed by atoms with van der Waals surface area (Å²) in [7, 11) is 0. The predicted molar refractivity (Wildman–Crippen MR) is 148 cm³/mol. The fraction of sp³-hybridized carbons (Fsp3) is 0.406. The molecule has 6 rings (SSSR count). The smallest absolute Gasteiger partial charge is 0.254 e. The number of nitriles is 1. The number of likely N-dealkylation sites (tertiary alicyclic amines) is 1. The molecule has 3 heterocycles. The molecule has 1 saturated heterocycles. The molecule has 6 nitrogen and oxygen atoms in total. The zero-order valence-electron chi connectivity index (χ0n) is 21.8. The minimum atomic E-state index is -0.590. The maximum atomic E-state index is 13.6. The second-order valence-electron chi connectivity index (χ2n) is 11.1. The Kier molecular flexibility index (Phi) is 6.51. The zero-order valence-corrected chi connectivity index (χ0v) is 21.8. The summed E-state index contributed by atoms with van der Waals surface area (Å²) in [5.41, 5.74) is 4.05. The lowest BCUT2D eigenvalue weighted by atomic mass is 9.76. The standard InChI is InChI=1S/C32H34N4O2/c1-2-23-8-7-13-30(34-23)32(21-33)14-16-35(17-15-32)19-22-18-26-27(25-10-4-3-9-24(22)25)20-36(31(26)38)28-11-5-6-12-29(28)37/h2-4,7-10,13,18,28-29,37H,1,5-6,11-12,14-17,19-20H2/t28-,29-/m0/s1. The van der Waals surface area contributed by atoms with Gasteiger partial charge in [0.05, 0.1) is 29.6 Å². The molecule has 0 bridgehead atoms. The fourth-order valence-electron chi connectivity index (χ4n) is 6.71. The number of nitrogens with zero attached hydrogens (tertiary/aromatic N) is 4. The summed E-state index contributed by atoms with van der Waals surface area (Å²) >= 11 is 0. The van der Waals surface area contributed by atoms with Crippen molar-refractivity contribution in [3.8, 4) is 6.07 Å². The summed E-state index contributed by atoms with van der Waals surface area (Å²) in [4.78, 5) is 22.6. The first-order valence-corrected chi connectivity index (χ1v) is 13.8. The van der Waals surface area contributed by atoms with Crippen LogP contribution in [0.4, 0.5) is 0 Å². The lowest BCUT2D eigenvalue weighted by Crippen LogP contribution is -2.45. The van der Waals surface area contributed by atoms with E-state index in [1.54, 1.807) is 6.08 Å². The Hall–Kier alpha value is -3.53. The predicted octanol–water partition coefficient (Wildman–Crippen LogP) is 5.19. The van der Waals surface area contributed by atoms with Crippen LogP contribution >= 0.6 is 0 Å². The number of hydrogen-bond acceptors (Lipinski definition) is 5. The Morgan fingerprint density at radius 2 is 1.87 bits per heavy atom. The molecular formula is C32H34N4O2. The van der Waals surface area contributed by atoms with Crippen molar-refractivity contribution in [2.45, 2.75) is 69.2 Å². The number of piperidine rings is 1. The van der Waals surface area contributed by atoms with E-state index >= 15 is 0 Å². The van der Waals surface area contributed by atoms with Gasteiger partial charge in [0, 0.05) is 31.7 Å². The topological polar surface area (TPSA) is 80.5 Å². The number of benzene rings is 2. The van der Waals surface area contributed by atoms with Gasteiger partial charge in [-0.05, 0) is 71.9 Å². The van der Waals surface area contributed by atoms with Gasteiger partial charge in [-0.15, -0.1) is 0 Å².